The molecule has 0 aromatic carbocycles. The number of hydrogen-bond donors (Lipinski definition) is 2. The Balaban J connectivity index is 4.31. The first-order chi connectivity index (χ1) is 7.42. The first-order valence-electron chi connectivity index (χ1n) is 5.07. The van der Waals surface area contributed by atoms with Crippen LogP contribution in [0.5, 0.6) is 0 Å². The summed E-state index contributed by atoms with van der Waals surface area (Å²) >= 11 is 0. The summed E-state index contributed by atoms with van der Waals surface area (Å²) in [6.45, 7) is 4.62. The molecular weight excluding hydrogens is 212 g/mol. The molecule has 6 nitrogen and oxygen atoms in total. The van der Waals surface area contributed by atoms with Gasteiger partial charge >= 0.3 is 5.97 Å². The third-order valence-corrected chi connectivity index (χ3v) is 2.02. The first-order valence-corrected chi connectivity index (χ1v) is 5.07. The highest BCUT2D eigenvalue weighted by molar-refractivity contribution is 5.90. The van der Waals surface area contributed by atoms with Crippen LogP contribution < -0.4 is 10.6 Å². The molecule has 0 aromatic rings. The Bertz CT molecular complexity index is 278. The summed E-state index contributed by atoms with van der Waals surface area (Å²) < 4.78 is 4.47. The fourth-order valence-corrected chi connectivity index (χ4v) is 1.15. The van der Waals surface area contributed by atoms with E-state index in [9.17, 15) is 14.4 Å². The fourth-order valence-electron chi connectivity index (χ4n) is 1.15. The van der Waals surface area contributed by atoms with Crippen LogP contribution in [0.1, 0.15) is 27.2 Å². The van der Waals surface area contributed by atoms with Crippen molar-refractivity contribution in [2.24, 2.45) is 0 Å². The van der Waals surface area contributed by atoms with Gasteiger partial charge in [0.1, 0.15) is 12.1 Å². The molecule has 2 amide bonds. The number of ether oxygens (including phenoxy) is 1. The Morgan fingerprint density at radius 2 is 1.81 bits per heavy atom. The molecule has 0 fully saturated rings. The quantitative estimate of drug-likeness (QED) is 0.628. The molecular formula is C10H18N2O4. The van der Waals surface area contributed by atoms with Gasteiger partial charge in [0.15, 0.2) is 0 Å². The molecule has 0 aromatic heterocycles. The average molecular weight is 230 g/mol. The molecule has 0 saturated heterocycles. The van der Waals surface area contributed by atoms with Gasteiger partial charge < -0.3 is 15.4 Å². The summed E-state index contributed by atoms with van der Waals surface area (Å²) in [5.41, 5.74) is 0. The topological polar surface area (TPSA) is 84.5 Å². The van der Waals surface area contributed by atoms with E-state index in [4.69, 9.17) is 0 Å². The summed E-state index contributed by atoms with van der Waals surface area (Å²) in [4.78, 5) is 33.5. The third kappa shape index (κ3) is 4.77. The van der Waals surface area contributed by atoms with Gasteiger partial charge in [0, 0.05) is 6.92 Å². The maximum Gasteiger partial charge on any atom is 0.328 e. The van der Waals surface area contributed by atoms with Gasteiger partial charge in [0.05, 0.1) is 7.11 Å². The van der Waals surface area contributed by atoms with E-state index in [2.05, 4.69) is 15.4 Å². The van der Waals surface area contributed by atoms with Crippen LogP contribution in [-0.2, 0) is 19.1 Å². The van der Waals surface area contributed by atoms with E-state index in [1.165, 1.54) is 21.0 Å². The van der Waals surface area contributed by atoms with Crippen molar-refractivity contribution >= 4 is 17.8 Å². The van der Waals surface area contributed by atoms with Gasteiger partial charge in [-0.05, 0) is 13.3 Å². The lowest BCUT2D eigenvalue weighted by molar-refractivity contribution is -0.144. The fraction of sp³-hybridized carbons (Fsp3) is 0.700. The Labute approximate surface area is 94.7 Å². The van der Waals surface area contributed by atoms with Crippen LogP contribution in [0.3, 0.4) is 0 Å². The third-order valence-electron chi connectivity index (χ3n) is 2.02. The van der Waals surface area contributed by atoms with Crippen molar-refractivity contribution < 1.29 is 19.1 Å². The van der Waals surface area contributed by atoms with Gasteiger partial charge in [-0.1, -0.05) is 6.92 Å². The van der Waals surface area contributed by atoms with E-state index in [-0.39, 0.29) is 5.91 Å². The predicted octanol–water partition coefficient (Wildman–Crippen LogP) is -0.421. The molecule has 0 rings (SSSR count). The van der Waals surface area contributed by atoms with Crippen LogP contribution in [0.15, 0.2) is 0 Å². The maximum absolute atomic E-state index is 11.6. The molecule has 0 saturated carbocycles. The lowest BCUT2D eigenvalue weighted by Gasteiger charge is -2.18. The molecule has 0 aliphatic carbocycles. The highest BCUT2D eigenvalue weighted by Crippen LogP contribution is 1.94. The number of carbonyl (C=O) groups is 3. The molecule has 2 unspecified atom stereocenters. The summed E-state index contributed by atoms with van der Waals surface area (Å²) in [7, 11) is 1.25. The lowest BCUT2D eigenvalue weighted by Crippen LogP contribution is -2.50. The predicted molar refractivity (Wildman–Crippen MR) is 57.5 cm³/mol. The molecule has 0 spiro atoms. The number of hydrogen-bond acceptors (Lipinski definition) is 4. The second-order valence-electron chi connectivity index (χ2n) is 3.41. The molecule has 0 aliphatic rings. The number of esters is 1. The van der Waals surface area contributed by atoms with Crippen molar-refractivity contribution in [1.29, 1.82) is 0 Å². The Morgan fingerprint density at radius 3 is 2.19 bits per heavy atom. The largest absolute Gasteiger partial charge is 0.467 e. The van der Waals surface area contributed by atoms with Gasteiger partial charge in [-0.2, -0.15) is 0 Å². The van der Waals surface area contributed by atoms with Gasteiger partial charge in [-0.25, -0.2) is 4.79 Å². The lowest BCUT2D eigenvalue weighted by atomic mass is 10.2. The smallest absolute Gasteiger partial charge is 0.328 e. The number of methoxy groups -OCH3 is 1. The van der Waals surface area contributed by atoms with Crippen molar-refractivity contribution in [2.45, 2.75) is 39.3 Å². The summed E-state index contributed by atoms with van der Waals surface area (Å²) in [6.07, 6.45) is 0.458. The van der Waals surface area contributed by atoms with Crippen LogP contribution >= 0.6 is 0 Å². The normalized spacial score (nSPS) is 13.5. The maximum atomic E-state index is 11.6. The number of rotatable bonds is 5. The van der Waals surface area contributed by atoms with Crippen LogP contribution in [0, 0.1) is 0 Å². The summed E-state index contributed by atoms with van der Waals surface area (Å²) in [5, 5.41) is 4.95. The average Bonchev–Trinajstić information content (AvgIpc) is 2.23. The van der Waals surface area contributed by atoms with Crippen molar-refractivity contribution in [3.8, 4) is 0 Å². The van der Waals surface area contributed by atoms with E-state index in [1.807, 2.05) is 0 Å². The molecule has 0 bridgehead atoms. The van der Waals surface area contributed by atoms with Crippen LogP contribution in [0.2, 0.25) is 0 Å². The monoisotopic (exact) mass is 230 g/mol. The van der Waals surface area contributed by atoms with Gasteiger partial charge in [-0.3, -0.25) is 9.59 Å². The minimum absolute atomic E-state index is 0.285. The zero-order valence-electron chi connectivity index (χ0n) is 9.99. The standard InChI is InChI=1S/C10H18N2O4/c1-5-8(12-7(3)13)9(14)11-6(2)10(15)16-4/h6,8H,5H2,1-4H3,(H,11,14)(H,12,13). The molecule has 0 heterocycles. The number of amides is 2. The molecule has 92 valence electrons. The second-order valence-corrected chi connectivity index (χ2v) is 3.41. The van der Waals surface area contributed by atoms with Crippen LogP contribution in [0.4, 0.5) is 0 Å². The van der Waals surface area contributed by atoms with E-state index in [1.54, 1.807) is 6.92 Å². The number of nitrogens with one attached hydrogen (secondary N) is 2. The minimum Gasteiger partial charge on any atom is -0.467 e. The number of carbonyl (C=O) groups excluding carboxylic acids is 3. The van der Waals surface area contributed by atoms with Crippen LogP contribution in [-0.4, -0.2) is 37.0 Å². The zero-order valence-corrected chi connectivity index (χ0v) is 9.99. The molecule has 0 aliphatic heterocycles. The molecule has 2 atom stereocenters. The molecule has 0 radical (unpaired) electrons. The van der Waals surface area contributed by atoms with E-state index < -0.39 is 24.0 Å². The van der Waals surface area contributed by atoms with Crippen molar-refractivity contribution in [2.75, 3.05) is 7.11 Å². The molecule has 6 heteroatoms. The van der Waals surface area contributed by atoms with Gasteiger partial charge in [0.25, 0.3) is 0 Å². The minimum atomic E-state index is -0.722. The Morgan fingerprint density at radius 1 is 1.25 bits per heavy atom. The van der Waals surface area contributed by atoms with E-state index in [0.717, 1.165) is 0 Å². The van der Waals surface area contributed by atoms with Gasteiger partial charge in [-0.15, -0.1) is 0 Å². The zero-order chi connectivity index (χ0) is 12.7. The van der Waals surface area contributed by atoms with E-state index >= 15 is 0 Å². The first kappa shape index (κ1) is 14.4. The SMILES string of the molecule is CCC(NC(C)=O)C(=O)NC(C)C(=O)OC. The van der Waals surface area contributed by atoms with Gasteiger partial charge in [0.2, 0.25) is 11.8 Å². The molecule has 2 N–H and O–H groups in total. The Kier molecular flexibility index (Phi) is 6.14. The molecule has 16 heavy (non-hydrogen) atoms. The Hall–Kier alpha value is -1.59. The summed E-state index contributed by atoms with van der Waals surface area (Å²) in [5.74, 6) is -1.20. The van der Waals surface area contributed by atoms with Crippen molar-refractivity contribution in [1.82, 2.24) is 10.6 Å². The van der Waals surface area contributed by atoms with Crippen LogP contribution in [0.25, 0.3) is 0 Å². The second kappa shape index (κ2) is 6.81. The summed E-state index contributed by atoms with van der Waals surface area (Å²) in [6, 6.07) is -1.34. The van der Waals surface area contributed by atoms with Crippen molar-refractivity contribution in [3.63, 3.8) is 0 Å². The van der Waals surface area contributed by atoms with Crippen molar-refractivity contribution in [3.05, 3.63) is 0 Å². The van der Waals surface area contributed by atoms with E-state index in [0.29, 0.717) is 6.42 Å². The highest BCUT2D eigenvalue weighted by atomic mass is 16.5. The highest BCUT2D eigenvalue weighted by Gasteiger charge is 2.22.